The summed E-state index contributed by atoms with van der Waals surface area (Å²) in [6, 6.07) is 2.78. The summed E-state index contributed by atoms with van der Waals surface area (Å²) in [5.74, 6) is -2.13. The Hall–Kier alpha value is -0.360. The van der Waals surface area contributed by atoms with Crippen molar-refractivity contribution in [3.63, 3.8) is 0 Å². The molecule has 0 spiro atoms. The number of hydrogen-bond donors (Lipinski definition) is 1. The molecule has 0 aliphatic carbocycles. The standard InChI is InChI=1S/C7H3ClFIO2/c8-3-1-2-4(10)6(9)5(3)7(11)12/h1-2H,(H,11,12). The van der Waals surface area contributed by atoms with Crippen LogP contribution in [0.5, 0.6) is 0 Å². The van der Waals surface area contributed by atoms with Gasteiger partial charge < -0.3 is 5.11 Å². The zero-order valence-corrected chi connectivity index (χ0v) is 8.56. The van der Waals surface area contributed by atoms with Crippen molar-refractivity contribution in [2.45, 2.75) is 0 Å². The number of carboxylic acid groups (broad SMARTS) is 1. The van der Waals surface area contributed by atoms with Crippen LogP contribution in [0, 0.1) is 9.39 Å². The topological polar surface area (TPSA) is 37.3 Å². The second-order valence-electron chi connectivity index (χ2n) is 2.02. The molecule has 5 heteroatoms. The number of aromatic carboxylic acids is 1. The quantitative estimate of drug-likeness (QED) is 0.639. The van der Waals surface area contributed by atoms with Gasteiger partial charge >= 0.3 is 5.97 Å². The summed E-state index contributed by atoms with van der Waals surface area (Å²) in [6.07, 6.45) is 0. The van der Waals surface area contributed by atoms with Gasteiger partial charge in [0.15, 0.2) is 5.82 Å². The number of hydrogen-bond acceptors (Lipinski definition) is 1. The molecule has 0 unspecified atom stereocenters. The van der Waals surface area contributed by atoms with Gasteiger partial charge in [0.1, 0.15) is 5.56 Å². The van der Waals surface area contributed by atoms with Crippen LogP contribution in [0.2, 0.25) is 5.02 Å². The lowest BCUT2D eigenvalue weighted by molar-refractivity contribution is 0.0692. The second kappa shape index (κ2) is 3.57. The summed E-state index contributed by atoms with van der Waals surface area (Å²) >= 11 is 7.18. The van der Waals surface area contributed by atoms with E-state index in [1.54, 1.807) is 22.6 Å². The van der Waals surface area contributed by atoms with Crippen LogP contribution < -0.4 is 0 Å². The fourth-order valence-corrected chi connectivity index (χ4v) is 1.40. The summed E-state index contributed by atoms with van der Waals surface area (Å²) in [5.41, 5.74) is -0.469. The summed E-state index contributed by atoms with van der Waals surface area (Å²) < 4.78 is 13.3. The van der Waals surface area contributed by atoms with Crippen LogP contribution in [0.15, 0.2) is 12.1 Å². The maximum Gasteiger partial charge on any atom is 0.340 e. The third-order valence-corrected chi connectivity index (χ3v) is 2.41. The molecule has 2 nitrogen and oxygen atoms in total. The Morgan fingerprint density at radius 2 is 2.17 bits per heavy atom. The van der Waals surface area contributed by atoms with Gasteiger partial charge in [0.2, 0.25) is 0 Å². The molecule has 12 heavy (non-hydrogen) atoms. The van der Waals surface area contributed by atoms with Gasteiger partial charge in [-0.25, -0.2) is 9.18 Å². The van der Waals surface area contributed by atoms with E-state index in [1.807, 2.05) is 0 Å². The van der Waals surface area contributed by atoms with Gasteiger partial charge in [-0.3, -0.25) is 0 Å². The van der Waals surface area contributed by atoms with Crippen molar-refractivity contribution in [3.8, 4) is 0 Å². The van der Waals surface area contributed by atoms with Crippen LogP contribution >= 0.6 is 34.2 Å². The van der Waals surface area contributed by atoms with Crippen LogP contribution in [0.25, 0.3) is 0 Å². The monoisotopic (exact) mass is 300 g/mol. The molecule has 0 aliphatic heterocycles. The van der Waals surface area contributed by atoms with E-state index in [4.69, 9.17) is 16.7 Å². The van der Waals surface area contributed by atoms with E-state index in [-0.39, 0.29) is 8.59 Å². The molecular weight excluding hydrogens is 297 g/mol. The van der Waals surface area contributed by atoms with E-state index >= 15 is 0 Å². The third kappa shape index (κ3) is 1.69. The predicted molar refractivity (Wildman–Crippen MR) is 51.1 cm³/mol. The molecule has 64 valence electrons. The van der Waals surface area contributed by atoms with Gasteiger partial charge in [-0.05, 0) is 34.7 Å². The van der Waals surface area contributed by atoms with Gasteiger partial charge in [-0.15, -0.1) is 0 Å². The average Bonchev–Trinajstić information content (AvgIpc) is 1.97. The zero-order chi connectivity index (χ0) is 9.30. The van der Waals surface area contributed by atoms with Crippen molar-refractivity contribution in [1.82, 2.24) is 0 Å². The molecule has 1 aromatic carbocycles. The first-order valence-corrected chi connectivity index (χ1v) is 4.36. The van der Waals surface area contributed by atoms with Crippen molar-refractivity contribution in [3.05, 3.63) is 32.1 Å². The van der Waals surface area contributed by atoms with Crippen molar-refractivity contribution in [1.29, 1.82) is 0 Å². The van der Waals surface area contributed by atoms with Gasteiger partial charge in [0.25, 0.3) is 0 Å². The number of rotatable bonds is 1. The van der Waals surface area contributed by atoms with Crippen LogP contribution in [0.1, 0.15) is 10.4 Å². The Morgan fingerprint density at radius 1 is 1.58 bits per heavy atom. The van der Waals surface area contributed by atoms with Crippen molar-refractivity contribution in [2.24, 2.45) is 0 Å². The summed E-state index contributed by atoms with van der Waals surface area (Å²) in [6.45, 7) is 0. The molecule has 0 aliphatic rings. The van der Waals surface area contributed by atoms with Crippen LogP contribution in [0.4, 0.5) is 4.39 Å². The van der Waals surface area contributed by atoms with Crippen LogP contribution in [-0.4, -0.2) is 11.1 Å². The predicted octanol–water partition coefficient (Wildman–Crippen LogP) is 2.78. The molecule has 0 aromatic heterocycles. The average molecular weight is 300 g/mol. The van der Waals surface area contributed by atoms with Gasteiger partial charge in [-0.1, -0.05) is 11.6 Å². The van der Waals surface area contributed by atoms with E-state index in [1.165, 1.54) is 12.1 Å². The van der Waals surface area contributed by atoms with Gasteiger partial charge in [0, 0.05) is 3.57 Å². The molecule has 0 saturated heterocycles. The minimum Gasteiger partial charge on any atom is -0.478 e. The maximum atomic E-state index is 13.0. The highest BCUT2D eigenvalue weighted by Crippen LogP contribution is 2.23. The van der Waals surface area contributed by atoms with Crippen LogP contribution in [-0.2, 0) is 0 Å². The van der Waals surface area contributed by atoms with Crippen molar-refractivity contribution < 1.29 is 14.3 Å². The molecule has 0 radical (unpaired) electrons. The lowest BCUT2D eigenvalue weighted by atomic mass is 10.2. The summed E-state index contributed by atoms with van der Waals surface area (Å²) in [5, 5.41) is 8.46. The lowest BCUT2D eigenvalue weighted by Crippen LogP contribution is -2.03. The molecule has 0 saturated carbocycles. The molecule has 0 bridgehead atoms. The molecular formula is C7H3ClFIO2. The van der Waals surface area contributed by atoms with Gasteiger partial charge in [-0.2, -0.15) is 0 Å². The highest BCUT2D eigenvalue weighted by molar-refractivity contribution is 14.1. The number of benzene rings is 1. The molecule has 0 heterocycles. The van der Waals surface area contributed by atoms with Gasteiger partial charge in [0.05, 0.1) is 5.02 Å². The molecule has 0 amide bonds. The molecule has 0 atom stereocenters. The minimum absolute atomic E-state index is 0.0829. The van der Waals surface area contributed by atoms with E-state index in [0.29, 0.717) is 0 Å². The molecule has 1 aromatic rings. The lowest BCUT2D eigenvalue weighted by Gasteiger charge is -2.01. The highest BCUT2D eigenvalue weighted by Gasteiger charge is 2.16. The molecule has 1 N–H and O–H groups in total. The van der Waals surface area contributed by atoms with Crippen molar-refractivity contribution >= 4 is 40.2 Å². The van der Waals surface area contributed by atoms with E-state index in [0.717, 1.165) is 0 Å². The smallest absolute Gasteiger partial charge is 0.340 e. The summed E-state index contributed by atoms with van der Waals surface area (Å²) in [7, 11) is 0. The Balaban J connectivity index is 3.43. The SMILES string of the molecule is O=C(O)c1c(Cl)ccc(I)c1F. The van der Waals surface area contributed by atoms with Crippen molar-refractivity contribution in [2.75, 3.05) is 0 Å². The normalized spacial score (nSPS) is 9.92. The minimum atomic E-state index is -1.35. The fourth-order valence-electron chi connectivity index (χ4n) is 0.723. The Kier molecular flexibility index (Phi) is 2.89. The largest absolute Gasteiger partial charge is 0.478 e. The molecule has 1 rings (SSSR count). The first-order valence-electron chi connectivity index (χ1n) is 2.91. The first-order chi connectivity index (χ1) is 5.54. The third-order valence-electron chi connectivity index (χ3n) is 1.26. The Morgan fingerprint density at radius 3 is 2.58 bits per heavy atom. The zero-order valence-electron chi connectivity index (χ0n) is 5.64. The Labute approximate surface area is 86.5 Å². The highest BCUT2D eigenvalue weighted by atomic mass is 127. The number of carbonyl (C=O) groups is 1. The van der Waals surface area contributed by atoms with E-state index < -0.39 is 17.3 Å². The molecule has 0 fully saturated rings. The summed E-state index contributed by atoms with van der Waals surface area (Å²) in [4.78, 5) is 10.5. The fraction of sp³-hybridized carbons (Fsp3) is 0. The van der Waals surface area contributed by atoms with E-state index in [2.05, 4.69) is 0 Å². The number of carboxylic acids is 1. The Bertz CT molecular complexity index is 340. The van der Waals surface area contributed by atoms with E-state index in [9.17, 15) is 9.18 Å². The maximum absolute atomic E-state index is 13.0. The first kappa shape index (κ1) is 9.73. The number of halogens is 3. The second-order valence-corrected chi connectivity index (χ2v) is 3.59. The van der Waals surface area contributed by atoms with Crippen LogP contribution in [0.3, 0.4) is 0 Å².